The van der Waals surface area contributed by atoms with E-state index in [4.69, 9.17) is 4.74 Å². The first kappa shape index (κ1) is 17.6. The number of nitrogens with zero attached hydrogens (tertiary/aromatic N) is 1. The molecule has 0 bridgehead atoms. The predicted octanol–water partition coefficient (Wildman–Crippen LogP) is 4.22. The van der Waals surface area contributed by atoms with Gasteiger partial charge >= 0.3 is 6.18 Å². The zero-order valence-electron chi connectivity index (χ0n) is 13.6. The molecule has 128 valence electrons. The van der Waals surface area contributed by atoms with Crippen LogP contribution in [0.4, 0.5) is 13.2 Å². The Bertz CT molecular complexity index is 556. The fraction of sp³-hybridized carbons (Fsp3) is 0.588. The Balaban J connectivity index is 2.28. The third-order valence-corrected chi connectivity index (χ3v) is 3.88. The minimum Gasteiger partial charge on any atom is -0.488 e. The van der Waals surface area contributed by atoms with Gasteiger partial charge in [-0.15, -0.1) is 0 Å². The van der Waals surface area contributed by atoms with Crippen LogP contribution in [-0.4, -0.2) is 30.0 Å². The lowest BCUT2D eigenvalue weighted by molar-refractivity contribution is -0.139. The van der Waals surface area contributed by atoms with Crippen LogP contribution in [0.2, 0.25) is 0 Å². The first-order valence-electron chi connectivity index (χ1n) is 7.69. The summed E-state index contributed by atoms with van der Waals surface area (Å²) in [4.78, 5) is 12.4. The molecule has 0 spiro atoms. The van der Waals surface area contributed by atoms with Crippen LogP contribution >= 0.6 is 0 Å². The van der Waals surface area contributed by atoms with Crippen molar-refractivity contribution in [1.29, 1.82) is 0 Å². The Labute approximate surface area is 134 Å². The van der Waals surface area contributed by atoms with E-state index in [-0.39, 0.29) is 11.7 Å². The molecule has 1 aliphatic rings. The number of hydrogen-bond acceptors (Lipinski definition) is 2. The van der Waals surface area contributed by atoms with E-state index in [9.17, 15) is 18.0 Å². The molecule has 1 heterocycles. The lowest BCUT2D eigenvalue weighted by atomic mass is 9.88. The normalized spacial score (nSPS) is 17.2. The molecule has 0 radical (unpaired) electrons. The number of piperidine rings is 1. The maximum Gasteiger partial charge on any atom is 0.419 e. The van der Waals surface area contributed by atoms with Gasteiger partial charge in [0.25, 0.3) is 0 Å². The molecule has 0 unspecified atom stereocenters. The lowest BCUT2D eigenvalue weighted by Gasteiger charge is -2.30. The molecule has 3 nitrogen and oxygen atoms in total. The summed E-state index contributed by atoms with van der Waals surface area (Å²) in [5, 5.41) is 0. The Morgan fingerprint density at radius 2 is 1.78 bits per heavy atom. The third-order valence-electron chi connectivity index (χ3n) is 3.88. The molecule has 0 aliphatic carbocycles. The van der Waals surface area contributed by atoms with E-state index in [1.165, 1.54) is 12.1 Å². The summed E-state index contributed by atoms with van der Waals surface area (Å²) in [5.74, 6) is -0.102. The maximum absolute atomic E-state index is 13.4. The van der Waals surface area contributed by atoms with Gasteiger partial charge in [-0.3, -0.25) is 4.79 Å². The molecule has 1 saturated heterocycles. The van der Waals surface area contributed by atoms with E-state index >= 15 is 0 Å². The van der Waals surface area contributed by atoms with Crippen molar-refractivity contribution >= 4 is 6.41 Å². The fourth-order valence-electron chi connectivity index (χ4n) is 2.78. The number of hydrogen-bond donors (Lipinski definition) is 0. The average molecular weight is 329 g/mol. The Morgan fingerprint density at radius 1 is 1.17 bits per heavy atom. The number of benzene rings is 1. The molecule has 0 N–H and O–H groups in total. The van der Waals surface area contributed by atoms with Gasteiger partial charge in [-0.1, -0.05) is 6.07 Å². The van der Waals surface area contributed by atoms with Crippen LogP contribution in [-0.2, 0) is 11.0 Å². The maximum atomic E-state index is 13.4. The van der Waals surface area contributed by atoms with Crippen molar-refractivity contribution in [3.63, 3.8) is 0 Å². The quantitative estimate of drug-likeness (QED) is 0.777. The van der Waals surface area contributed by atoms with Gasteiger partial charge in [-0.2, -0.15) is 13.2 Å². The molecule has 1 aliphatic heterocycles. The van der Waals surface area contributed by atoms with E-state index < -0.39 is 17.3 Å². The largest absolute Gasteiger partial charge is 0.488 e. The molecular formula is C17H22F3NO2. The molecule has 1 aromatic carbocycles. The summed E-state index contributed by atoms with van der Waals surface area (Å²) in [6.45, 7) is 6.31. The molecule has 2 rings (SSSR count). The van der Waals surface area contributed by atoms with Gasteiger partial charge in [0.1, 0.15) is 11.4 Å². The monoisotopic (exact) mass is 329 g/mol. The summed E-state index contributed by atoms with van der Waals surface area (Å²) in [6, 6.07) is 4.31. The second kappa shape index (κ2) is 6.42. The van der Waals surface area contributed by atoms with Crippen LogP contribution in [0.15, 0.2) is 18.2 Å². The minimum absolute atomic E-state index is 0.0380. The van der Waals surface area contributed by atoms with Crippen molar-refractivity contribution < 1.29 is 22.7 Å². The summed E-state index contributed by atoms with van der Waals surface area (Å²) in [7, 11) is 0. The molecule has 23 heavy (non-hydrogen) atoms. The van der Waals surface area contributed by atoms with Gasteiger partial charge in [-0.05, 0) is 57.2 Å². The standard InChI is InChI=1S/C17H22F3NO2/c1-16(2,3)23-15-5-4-13(10-14(15)17(18,19)20)12-6-8-21(11-22)9-7-12/h4-5,10-12H,6-9H2,1-3H3. The third kappa shape index (κ3) is 4.62. The van der Waals surface area contributed by atoms with Gasteiger partial charge in [0.15, 0.2) is 0 Å². The first-order valence-corrected chi connectivity index (χ1v) is 7.69. The molecule has 0 atom stereocenters. The van der Waals surface area contributed by atoms with Gasteiger partial charge in [0.2, 0.25) is 6.41 Å². The van der Waals surface area contributed by atoms with E-state index in [1.54, 1.807) is 31.7 Å². The number of alkyl halides is 3. The Hall–Kier alpha value is -1.72. The fourth-order valence-corrected chi connectivity index (χ4v) is 2.78. The van der Waals surface area contributed by atoms with Crippen LogP contribution in [0.1, 0.15) is 50.7 Å². The van der Waals surface area contributed by atoms with Gasteiger partial charge in [0, 0.05) is 13.1 Å². The van der Waals surface area contributed by atoms with Crippen molar-refractivity contribution in [1.82, 2.24) is 4.90 Å². The number of carbonyl (C=O) groups is 1. The van der Waals surface area contributed by atoms with Crippen molar-refractivity contribution in [2.45, 2.75) is 51.3 Å². The molecule has 1 fully saturated rings. The van der Waals surface area contributed by atoms with Crippen LogP contribution in [0.25, 0.3) is 0 Å². The highest BCUT2D eigenvalue weighted by Gasteiger charge is 2.36. The number of carbonyl (C=O) groups excluding carboxylic acids is 1. The first-order chi connectivity index (χ1) is 10.6. The van der Waals surface area contributed by atoms with Crippen molar-refractivity contribution in [2.24, 2.45) is 0 Å². The molecule has 6 heteroatoms. The number of ether oxygens (including phenoxy) is 1. The second-order valence-corrected chi connectivity index (χ2v) is 6.88. The Kier molecular flexibility index (Phi) is 4.92. The SMILES string of the molecule is CC(C)(C)Oc1ccc(C2CCN(C=O)CC2)cc1C(F)(F)F. The van der Waals surface area contributed by atoms with Crippen molar-refractivity contribution in [3.8, 4) is 5.75 Å². The van der Waals surface area contributed by atoms with Gasteiger partial charge < -0.3 is 9.64 Å². The van der Waals surface area contributed by atoms with Gasteiger partial charge in [-0.25, -0.2) is 0 Å². The molecule has 1 aromatic rings. The van der Waals surface area contributed by atoms with Gasteiger partial charge in [0.05, 0.1) is 5.56 Å². The minimum atomic E-state index is -4.46. The highest BCUT2D eigenvalue weighted by molar-refractivity contribution is 5.47. The number of likely N-dealkylation sites (tertiary alicyclic amines) is 1. The smallest absolute Gasteiger partial charge is 0.419 e. The Morgan fingerprint density at radius 3 is 2.26 bits per heavy atom. The number of amides is 1. The zero-order chi connectivity index (χ0) is 17.3. The topological polar surface area (TPSA) is 29.5 Å². The van der Waals surface area contributed by atoms with Crippen LogP contribution in [0, 0.1) is 0 Å². The summed E-state index contributed by atoms with van der Waals surface area (Å²) < 4.78 is 45.5. The summed E-state index contributed by atoms with van der Waals surface area (Å²) in [5.41, 5.74) is -0.775. The van der Waals surface area contributed by atoms with Crippen molar-refractivity contribution in [3.05, 3.63) is 29.3 Å². The average Bonchev–Trinajstić information content (AvgIpc) is 2.45. The molecule has 0 saturated carbocycles. The molecule has 1 amide bonds. The highest BCUT2D eigenvalue weighted by atomic mass is 19.4. The molecule has 0 aromatic heterocycles. The van der Waals surface area contributed by atoms with Crippen LogP contribution in [0.3, 0.4) is 0 Å². The van der Waals surface area contributed by atoms with E-state index in [0.717, 1.165) is 6.41 Å². The van der Waals surface area contributed by atoms with E-state index in [0.29, 0.717) is 31.5 Å². The summed E-state index contributed by atoms with van der Waals surface area (Å²) in [6.07, 6.45) is -2.32. The highest BCUT2D eigenvalue weighted by Crippen LogP contribution is 2.40. The lowest BCUT2D eigenvalue weighted by Crippen LogP contribution is -2.31. The van der Waals surface area contributed by atoms with Crippen LogP contribution in [0.5, 0.6) is 5.75 Å². The molecular weight excluding hydrogens is 307 g/mol. The number of rotatable bonds is 3. The van der Waals surface area contributed by atoms with Crippen molar-refractivity contribution in [2.75, 3.05) is 13.1 Å². The second-order valence-electron chi connectivity index (χ2n) is 6.88. The summed E-state index contributed by atoms with van der Waals surface area (Å²) >= 11 is 0. The zero-order valence-corrected chi connectivity index (χ0v) is 13.6. The predicted molar refractivity (Wildman–Crippen MR) is 81.4 cm³/mol. The van der Waals surface area contributed by atoms with E-state index in [2.05, 4.69) is 0 Å². The van der Waals surface area contributed by atoms with E-state index in [1.807, 2.05) is 0 Å². The number of halogens is 3. The van der Waals surface area contributed by atoms with Crippen LogP contribution < -0.4 is 4.74 Å².